The van der Waals surface area contributed by atoms with Crippen molar-refractivity contribution in [3.05, 3.63) is 58.1 Å². The number of carbonyl (C=O) groups is 3. The number of methoxy groups -OCH3 is 1. The Morgan fingerprint density at radius 3 is 2.59 bits per heavy atom. The Morgan fingerprint density at radius 1 is 1.18 bits per heavy atom. The van der Waals surface area contributed by atoms with Crippen LogP contribution in [0.25, 0.3) is 0 Å². The number of Topliss-reactive ketones (excluding diaryl/α,β-unsaturated/α-hetero) is 1. The largest absolute Gasteiger partial charge is 0.504 e. The molecule has 0 unspecified atom stereocenters. The maximum atomic E-state index is 12.7. The van der Waals surface area contributed by atoms with Gasteiger partial charge in [-0.15, -0.1) is 0 Å². The van der Waals surface area contributed by atoms with Crippen molar-refractivity contribution in [3.63, 3.8) is 0 Å². The van der Waals surface area contributed by atoms with Gasteiger partial charge in [-0.25, -0.2) is 5.43 Å². The Bertz CT molecular complexity index is 1170. The summed E-state index contributed by atoms with van der Waals surface area (Å²) in [4.78, 5) is 47.1. The number of ketones is 1. The van der Waals surface area contributed by atoms with E-state index in [1.807, 2.05) is 0 Å². The molecule has 12 heteroatoms. The Balaban J connectivity index is 2.13. The van der Waals surface area contributed by atoms with E-state index < -0.39 is 28.9 Å². The molecule has 0 aliphatic carbocycles. The molecule has 176 valence electrons. The van der Waals surface area contributed by atoms with Crippen molar-refractivity contribution in [2.24, 2.45) is 5.10 Å². The maximum Gasteiger partial charge on any atom is 0.292 e. The van der Waals surface area contributed by atoms with Gasteiger partial charge in [-0.05, 0) is 30.7 Å². The third kappa shape index (κ3) is 7.41. The number of benzene rings is 2. The van der Waals surface area contributed by atoms with Gasteiger partial charge >= 0.3 is 0 Å². The number of rotatable bonds is 11. The molecule has 0 aromatic heterocycles. The number of anilines is 1. The van der Waals surface area contributed by atoms with Crippen LogP contribution in [-0.4, -0.2) is 40.4 Å². The molecule has 0 saturated heterocycles. The van der Waals surface area contributed by atoms with Crippen LogP contribution in [0.1, 0.15) is 36.0 Å². The maximum absolute atomic E-state index is 12.7. The van der Waals surface area contributed by atoms with Crippen LogP contribution in [0, 0.1) is 21.4 Å². The Kier molecular flexibility index (Phi) is 9.21. The molecule has 0 spiro atoms. The highest BCUT2D eigenvalue weighted by atomic mass is 16.6. The first kappa shape index (κ1) is 25.5. The monoisotopic (exact) mass is 467 g/mol. The second-order valence-electron chi connectivity index (χ2n) is 6.86. The minimum Gasteiger partial charge on any atom is -0.504 e. The summed E-state index contributed by atoms with van der Waals surface area (Å²) < 4.78 is 4.99. The van der Waals surface area contributed by atoms with Crippen LogP contribution < -0.4 is 15.5 Å². The van der Waals surface area contributed by atoms with Crippen molar-refractivity contribution in [2.45, 2.75) is 25.7 Å². The third-order valence-corrected chi connectivity index (χ3v) is 4.46. The number of hydrogen-bond acceptors (Lipinski definition) is 9. The van der Waals surface area contributed by atoms with Crippen molar-refractivity contribution in [2.75, 3.05) is 12.4 Å². The lowest BCUT2D eigenvalue weighted by Gasteiger charge is -2.09. The standard InChI is InChI=1S/C22H21N5O7/c1-34-20-12-14(6-8-18(20)28)19(29)13-15(25-26-22(31)10-11-23)7-9-21(30)24-16-4-2-3-5-17(16)27(32)33/h2-6,8,12,28H,7,9-10,13H2,1H3,(H,24,30)(H,26,31)/b25-15+. The number of nitro benzene ring substituents is 1. The van der Waals surface area contributed by atoms with Gasteiger partial charge in [0.25, 0.3) is 11.6 Å². The zero-order valence-electron chi connectivity index (χ0n) is 18.1. The number of phenolic OH excluding ortho intramolecular Hbond substituents is 1. The number of hydrogen-bond donors (Lipinski definition) is 3. The van der Waals surface area contributed by atoms with Gasteiger partial charge in [0.2, 0.25) is 5.91 Å². The molecule has 2 amide bonds. The van der Waals surface area contributed by atoms with Crippen LogP contribution in [0.5, 0.6) is 11.5 Å². The van der Waals surface area contributed by atoms with E-state index in [-0.39, 0.29) is 53.4 Å². The molecular formula is C22H21N5O7. The summed E-state index contributed by atoms with van der Waals surface area (Å²) in [6, 6.07) is 11.3. The number of para-hydroxylation sites is 2. The summed E-state index contributed by atoms with van der Waals surface area (Å²) >= 11 is 0. The van der Waals surface area contributed by atoms with Gasteiger partial charge in [0.15, 0.2) is 17.3 Å². The molecule has 0 aliphatic heterocycles. The quantitative estimate of drug-likeness (QED) is 0.195. The number of nitriles is 1. The first-order valence-corrected chi connectivity index (χ1v) is 9.89. The first-order chi connectivity index (χ1) is 16.2. The molecule has 12 nitrogen and oxygen atoms in total. The molecular weight excluding hydrogens is 446 g/mol. The predicted octanol–water partition coefficient (Wildman–Crippen LogP) is 2.69. The molecule has 2 aromatic rings. The highest BCUT2D eigenvalue weighted by Crippen LogP contribution is 2.27. The first-order valence-electron chi connectivity index (χ1n) is 9.89. The lowest BCUT2D eigenvalue weighted by molar-refractivity contribution is -0.383. The summed E-state index contributed by atoms with van der Waals surface area (Å²) in [7, 11) is 1.33. The van der Waals surface area contributed by atoms with E-state index in [0.29, 0.717) is 0 Å². The number of amides is 2. The van der Waals surface area contributed by atoms with Crippen molar-refractivity contribution in [1.82, 2.24) is 5.43 Å². The lowest BCUT2D eigenvalue weighted by Crippen LogP contribution is -2.21. The molecule has 0 heterocycles. The third-order valence-electron chi connectivity index (χ3n) is 4.46. The SMILES string of the molecule is COc1cc(C(=O)C/C(CCC(=O)Nc2ccccc2[N+](=O)[O-])=N/NC(=O)CC#N)ccc1O. The highest BCUT2D eigenvalue weighted by Gasteiger charge is 2.17. The van der Waals surface area contributed by atoms with Crippen molar-refractivity contribution >= 4 is 34.7 Å². The topological polar surface area (TPSA) is 184 Å². The van der Waals surface area contributed by atoms with Crippen molar-refractivity contribution in [3.8, 4) is 17.6 Å². The Morgan fingerprint density at radius 2 is 1.91 bits per heavy atom. The fourth-order valence-electron chi connectivity index (χ4n) is 2.78. The number of nitro groups is 1. The van der Waals surface area contributed by atoms with Crippen LogP contribution in [0.2, 0.25) is 0 Å². The predicted molar refractivity (Wildman–Crippen MR) is 120 cm³/mol. The number of carbonyl (C=O) groups excluding carboxylic acids is 3. The van der Waals surface area contributed by atoms with E-state index in [0.717, 1.165) is 0 Å². The number of hydrazone groups is 1. The van der Waals surface area contributed by atoms with Gasteiger partial charge in [-0.3, -0.25) is 24.5 Å². The molecule has 0 atom stereocenters. The van der Waals surface area contributed by atoms with Gasteiger partial charge in [-0.1, -0.05) is 12.1 Å². The van der Waals surface area contributed by atoms with E-state index >= 15 is 0 Å². The Labute approximate surface area is 194 Å². The van der Waals surface area contributed by atoms with E-state index in [1.165, 1.54) is 49.6 Å². The smallest absolute Gasteiger partial charge is 0.292 e. The summed E-state index contributed by atoms with van der Waals surface area (Å²) in [5.74, 6) is -1.74. The minimum atomic E-state index is -0.692. The van der Waals surface area contributed by atoms with Crippen LogP contribution in [0.15, 0.2) is 47.6 Å². The van der Waals surface area contributed by atoms with Gasteiger partial charge in [0.05, 0.1) is 24.5 Å². The molecule has 0 bridgehead atoms. The van der Waals surface area contributed by atoms with Crippen LogP contribution in [-0.2, 0) is 9.59 Å². The van der Waals surface area contributed by atoms with Gasteiger partial charge in [0, 0.05) is 23.8 Å². The molecule has 34 heavy (non-hydrogen) atoms. The van der Waals surface area contributed by atoms with Crippen LogP contribution in [0.4, 0.5) is 11.4 Å². The molecule has 0 radical (unpaired) electrons. The Hall–Kier alpha value is -4.79. The number of nitrogens with one attached hydrogen (secondary N) is 2. The second-order valence-corrected chi connectivity index (χ2v) is 6.86. The minimum absolute atomic E-state index is 0.0191. The molecule has 3 N–H and O–H groups in total. The highest BCUT2D eigenvalue weighted by molar-refractivity contribution is 6.11. The number of phenols is 1. The zero-order valence-corrected chi connectivity index (χ0v) is 18.1. The fourth-order valence-corrected chi connectivity index (χ4v) is 2.78. The summed E-state index contributed by atoms with van der Waals surface area (Å²) in [6.07, 6.45) is -0.969. The second kappa shape index (κ2) is 12.3. The average molecular weight is 467 g/mol. The van der Waals surface area contributed by atoms with E-state index in [4.69, 9.17) is 10.00 Å². The zero-order chi connectivity index (χ0) is 25.1. The van der Waals surface area contributed by atoms with Gasteiger partial charge < -0.3 is 15.2 Å². The molecule has 2 aromatic carbocycles. The van der Waals surface area contributed by atoms with Crippen molar-refractivity contribution < 1.29 is 29.2 Å². The van der Waals surface area contributed by atoms with E-state index in [2.05, 4.69) is 15.8 Å². The summed E-state index contributed by atoms with van der Waals surface area (Å²) in [6.45, 7) is 0. The lowest BCUT2D eigenvalue weighted by atomic mass is 10.0. The molecule has 2 rings (SSSR count). The van der Waals surface area contributed by atoms with E-state index in [9.17, 15) is 29.6 Å². The number of nitrogens with zero attached hydrogens (tertiary/aromatic N) is 3. The van der Waals surface area contributed by atoms with E-state index in [1.54, 1.807) is 6.07 Å². The number of ether oxygens (including phenoxy) is 1. The van der Waals surface area contributed by atoms with Crippen molar-refractivity contribution in [1.29, 1.82) is 5.26 Å². The fraction of sp³-hybridized carbons (Fsp3) is 0.227. The number of aromatic hydroxyl groups is 1. The van der Waals surface area contributed by atoms with Crippen LogP contribution in [0.3, 0.4) is 0 Å². The summed E-state index contributed by atoms with van der Waals surface area (Å²) in [5, 5.41) is 35.7. The summed E-state index contributed by atoms with van der Waals surface area (Å²) in [5.41, 5.74) is 2.25. The normalized spacial score (nSPS) is 10.6. The molecule has 0 saturated carbocycles. The molecule has 0 aliphatic rings. The van der Waals surface area contributed by atoms with Gasteiger partial charge in [-0.2, -0.15) is 10.4 Å². The molecule has 0 fully saturated rings. The van der Waals surface area contributed by atoms with Crippen LogP contribution >= 0.6 is 0 Å². The average Bonchev–Trinajstić information content (AvgIpc) is 2.81. The van der Waals surface area contributed by atoms with Gasteiger partial charge in [0.1, 0.15) is 12.1 Å².